The number of quaternary nitrogens is 1. The van der Waals surface area contributed by atoms with Crippen molar-refractivity contribution in [2.45, 2.75) is 45.1 Å². The number of carbonyl (C=O) groups is 1. The van der Waals surface area contributed by atoms with Crippen molar-refractivity contribution in [1.29, 1.82) is 0 Å². The highest BCUT2D eigenvalue weighted by atomic mass is 79.9. The second-order valence-electron chi connectivity index (χ2n) is 7.29. The van der Waals surface area contributed by atoms with Crippen molar-refractivity contribution in [3.8, 4) is 0 Å². The number of piperidine rings is 1. The van der Waals surface area contributed by atoms with E-state index in [-0.39, 0.29) is 35.0 Å². The monoisotopic (exact) mass is 383 g/mol. The molecule has 0 N–H and O–H groups in total. The summed E-state index contributed by atoms with van der Waals surface area (Å²) in [6.07, 6.45) is 3.01. The Kier molecular flexibility index (Phi) is 7.75. The zero-order valence-electron chi connectivity index (χ0n) is 14.8. The van der Waals surface area contributed by atoms with E-state index in [9.17, 15) is 4.79 Å². The summed E-state index contributed by atoms with van der Waals surface area (Å²) in [5, 5.41) is 0. The van der Waals surface area contributed by atoms with Gasteiger partial charge in [0.2, 0.25) is 0 Å². The Morgan fingerprint density at radius 3 is 2.30 bits per heavy atom. The van der Waals surface area contributed by atoms with Gasteiger partial charge in [-0.15, -0.1) is 0 Å². The second kappa shape index (κ2) is 8.84. The normalized spacial score (nSPS) is 20.2. The van der Waals surface area contributed by atoms with Crippen LogP contribution in [-0.4, -0.2) is 43.7 Å². The van der Waals surface area contributed by atoms with Crippen LogP contribution in [0.15, 0.2) is 30.3 Å². The van der Waals surface area contributed by atoms with Gasteiger partial charge in [0, 0.05) is 12.8 Å². The molecule has 0 aromatic heterocycles. The molecule has 2 atom stereocenters. The van der Waals surface area contributed by atoms with Gasteiger partial charge >= 0.3 is 5.97 Å². The summed E-state index contributed by atoms with van der Waals surface area (Å²) in [7, 11) is 4.48. The predicted octanol–water partition coefficient (Wildman–Crippen LogP) is 0.602. The summed E-state index contributed by atoms with van der Waals surface area (Å²) in [5.41, 5.74) is 1.08. The molecule has 0 spiro atoms. The Hall–Kier alpha value is -0.870. The van der Waals surface area contributed by atoms with Crippen LogP contribution in [0.1, 0.15) is 44.6 Å². The van der Waals surface area contributed by atoms with Crippen molar-refractivity contribution < 1.29 is 31.0 Å². The molecule has 23 heavy (non-hydrogen) atoms. The first kappa shape index (κ1) is 20.2. The van der Waals surface area contributed by atoms with Gasteiger partial charge in [-0.05, 0) is 11.5 Å². The fourth-order valence-electron chi connectivity index (χ4n) is 3.19. The minimum absolute atomic E-state index is 0. The van der Waals surface area contributed by atoms with Gasteiger partial charge in [-0.25, -0.2) is 0 Å². The molecular weight excluding hydrogens is 354 g/mol. The number of hydrogen-bond donors (Lipinski definition) is 0. The third-order valence-corrected chi connectivity index (χ3v) is 5.02. The van der Waals surface area contributed by atoms with E-state index >= 15 is 0 Å². The summed E-state index contributed by atoms with van der Waals surface area (Å²) < 4.78 is 6.90. The minimum atomic E-state index is -0.143. The van der Waals surface area contributed by atoms with Crippen molar-refractivity contribution in [2.24, 2.45) is 5.92 Å². The number of carbonyl (C=O) groups excluding carboxylic acids is 1. The Morgan fingerprint density at radius 1 is 1.22 bits per heavy atom. The maximum Gasteiger partial charge on any atom is 0.313 e. The molecule has 2 rings (SSSR count). The molecular formula is C19H30BrNO2. The van der Waals surface area contributed by atoms with E-state index in [1.54, 1.807) is 0 Å². The lowest BCUT2D eigenvalue weighted by Gasteiger charge is -2.37. The summed E-state index contributed by atoms with van der Waals surface area (Å²) in [6.45, 7) is 6.43. The molecule has 1 fully saturated rings. The van der Waals surface area contributed by atoms with E-state index in [0.29, 0.717) is 5.92 Å². The van der Waals surface area contributed by atoms with Gasteiger partial charge in [-0.3, -0.25) is 4.79 Å². The van der Waals surface area contributed by atoms with E-state index in [1.807, 2.05) is 30.3 Å². The molecule has 1 saturated heterocycles. The molecule has 1 heterocycles. The van der Waals surface area contributed by atoms with Crippen molar-refractivity contribution >= 4 is 5.97 Å². The molecule has 2 unspecified atom stereocenters. The fraction of sp³-hybridized carbons (Fsp3) is 0.632. The largest absolute Gasteiger partial charge is 1.00 e. The number of halogens is 1. The molecule has 1 aliphatic rings. The molecule has 130 valence electrons. The lowest BCUT2D eigenvalue weighted by molar-refractivity contribution is -0.896. The van der Waals surface area contributed by atoms with Gasteiger partial charge < -0.3 is 26.2 Å². The number of esters is 1. The van der Waals surface area contributed by atoms with Crippen molar-refractivity contribution in [3.63, 3.8) is 0 Å². The number of ether oxygens (including phenoxy) is 1. The number of hydrogen-bond acceptors (Lipinski definition) is 2. The lowest BCUT2D eigenvalue weighted by Crippen LogP contribution is -3.00. The second-order valence-corrected chi connectivity index (χ2v) is 7.29. The molecule has 1 aliphatic heterocycles. The van der Waals surface area contributed by atoms with Crippen LogP contribution in [0, 0.1) is 5.92 Å². The van der Waals surface area contributed by atoms with Crippen molar-refractivity contribution in [2.75, 3.05) is 27.2 Å². The predicted molar refractivity (Wildman–Crippen MR) is 89.6 cm³/mol. The summed E-state index contributed by atoms with van der Waals surface area (Å²) in [6, 6.07) is 10.1. The Labute approximate surface area is 151 Å². The number of rotatable bonds is 5. The molecule has 0 aliphatic carbocycles. The minimum Gasteiger partial charge on any atom is -1.00 e. The molecule has 3 nitrogen and oxygen atoms in total. The first-order valence-corrected chi connectivity index (χ1v) is 8.50. The van der Waals surface area contributed by atoms with Crippen LogP contribution in [-0.2, 0) is 9.53 Å². The maximum atomic E-state index is 12.7. The molecule has 1 aromatic carbocycles. The highest BCUT2D eigenvalue weighted by molar-refractivity contribution is 5.78. The van der Waals surface area contributed by atoms with Crippen LogP contribution < -0.4 is 17.0 Å². The summed E-state index contributed by atoms with van der Waals surface area (Å²) >= 11 is 0. The van der Waals surface area contributed by atoms with E-state index in [4.69, 9.17) is 4.74 Å². The van der Waals surface area contributed by atoms with Gasteiger partial charge in [-0.1, -0.05) is 50.6 Å². The highest BCUT2D eigenvalue weighted by Gasteiger charge is 2.33. The number of benzene rings is 1. The van der Waals surface area contributed by atoms with Crippen LogP contribution in [0.3, 0.4) is 0 Å². The molecule has 0 amide bonds. The first-order valence-electron chi connectivity index (χ1n) is 8.50. The van der Waals surface area contributed by atoms with Crippen LogP contribution in [0.4, 0.5) is 0 Å². The number of nitrogens with zero attached hydrogens (tertiary/aromatic N) is 1. The van der Waals surface area contributed by atoms with Gasteiger partial charge in [0.25, 0.3) is 0 Å². The third kappa shape index (κ3) is 5.61. The van der Waals surface area contributed by atoms with Gasteiger partial charge in [-0.2, -0.15) is 0 Å². The van der Waals surface area contributed by atoms with Crippen molar-refractivity contribution in [3.05, 3.63) is 35.9 Å². The zero-order chi connectivity index (χ0) is 16.2. The fourth-order valence-corrected chi connectivity index (χ4v) is 3.19. The third-order valence-electron chi connectivity index (χ3n) is 5.02. The van der Waals surface area contributed by atoms with Crippen LogP contribution in [0.5, 0.6) is 0 Å². The maximum absolute atomic E-state index is 12.7. The number of likely N-dealkylation sites (tertiary alicyclic amines) is 1. The van der Waals surface area contributed by atoms with Crippen LogP contribution in [0.25, 0.3) is 0 Å². The van der Waals surface area contributed by atoms with E-state index < -0.39 is 0 Å². The topological polar surface area (TPSA) is 26.3 Å². The summed E-state index contributed by atoms with van der Waals surface area (Å²) in [5.74, 6) is 0.110. The van der Waals surface area contributed by atoms with Crippen LogP contribution >= 0.6 is 0 Å². The highest BCUT2D eigenvalue weighted by Crippen LogP contribution is 2.30. The molecule has 0 radical (unpaired) electrons. The summed E-state index contributed by atoms with van der Waals surface area (Å²) in [4.78, 5) is 12.7. The smallest absolute Gasteiger partial charge is 0.313 e. The molecule has 4 heteroatoms. The first-order chi connectivity index (χ1) is 10.4. The van der Waals surface area contributed by atoms with Crippen molar-refractivity contribution in [1.82, 2.24) is 0 Å². The Balaban J connectivity index is 0.00000264. The van der Waals surface area contributed by atoms with E-state index in [0.717, 1.165) is 42.4 Å². The average Bonchev–Trinajstić information content (AvgIpc) is 2.50. The van der Waals surface area contributed by atoms with Gasteiger partial charge in [0.1, 0.15) is 6.10 Å². The van der Waals surface area contributed by atoms with Gasteiger partial charge in [0.15, 0.2) is 0 Å². The van der Waals surface area contributed by atoms with E-state index in [2.05, 4.69) is 27.9 Å². The zero-order valence-corrected chi connectivity index (χ0v) is 16.4. The molecule has 0 saturated carbocycles. The van der Waals surface area contributed by atoms with E-state index in [1.165, 1.54) is 0 Å². The Morgan fingerprint density at radius 2 is 1.78 bits per heavy atom. The lowest BCUT2D eigenvalue weighted by atomic mass is 9.85. The quantitative estimate of drug-likeness (QED) is 0.549. The Bertz CT molecular complexity index is 479. The molecule has 0 bridgehead atoms. The SMILES string of the molecule is CCC(C)C(C(=O)OC1CC[N+](C)(C)CC1)c1ccccc1.[Br-]. The molecule has 1 aromatic rings. The van der Waals surface area contributed by atoms with Gasteiger partial charge in [0.05, 0.1) is 33.1 Å². The average molecular weight is 384 g/mol. The van der Waals surface area contributed by atoms with Crippen LogP contribution in [0.2, 0.25) is 0 Å². The standard InChI is InChI=1S/C19H30NO2.BrH/c1-5-15(2)18(16-9-7-6-8-10-16)19(21)22-17-11-13-20(3,4)14-12-17;/h6-10,15,17-18H,5,11-14H2,1-4H3;1H/q+1;/p-1.